The first kappa shape index (κ1) is 88.8. The SMILES string of the molecule is C.CC(C)N1CCC(N2Cc3c(ccn3C(C)C)-c3n[nH]c4ccnc2c34)CC1.CC(C)N1CCC(N2Cc3nn(C(C)C)cc3-c3n[nH]c4ccnc2c34)CC1.CCc1cc2c(cn1)CN(C1CCOCC1)c1nccc3[nH]nc-2c13.CCn1cc2c(n1)CN(C1CCN(C(C)C)CC1)c1nccc3[nH]nc-2c13.Cc1cc2c(cn1)CN(C1CCOCC1)c1nccc3[nH]nc-2c13. The Balaban J connectivity index is 0.000000103. The van der Waals surface area contributed by atoms with E-state index in [4.69, 9.17) is 49.7 Å². The summed E-state index contributed by atoms with van der Waals surface area (Å²) in [6, 6.07) is 21.6. The molecule has 0 unspecified atom stereocenters. The molecule has 15 aromatic rings. The Kier molecular flexibility index (Phi) is 25.0. The fourth-order valence-electron chi connectivity index (χ4n) is 22.0. The van der Waals surface area contributed by atoms with Crippen LogP contribution in [-0.4, -0.2) is 239 Å². The Hall–Kier alpha value is -12.1. The smallest absolute Gasteiger partial charge is 0.140 e. The fraction of sp³-hybridized carbons (Fsp3) is 0.505. The van der Waals surface area contributed by atoms with Gasteiger partial charge in [-0.3, -0.25) is 44.8 Å². The zero-order valence-corrected chi connectivity index (χ0v) is 78.8. The maximum atomic E-state index is 5.57. The van der Waals surface area contributed by atoms with Gasteiger partial charge >= 0.3 is 0 Å². The van der Waals surface area contributed by atoms with Crippen LogP contribution < -0.4 is 24.5 Å². The summed E-state index contributed by atoms with van der Waals surface area (Å²) in [5.41, 5.74) is 24.2. The second-order valence-electron chi connectivity index (χ2n) is 38.8. The number of aryl methyl sites for hydroxylation is 3. The van der Waals surface area contributed by atoms with Gasteiger partial charge < -0.3 is 53.2 Å². The van der Waals surface area contributed by atoms with Gasteiger partial charge in [-0.25, -0.2) is 24.9 Å². The molecule has 0 amide bonds. The molecule has 0 saturated carbocycles. The first-order valence-corrected chi connectivity index (χ1v) is 48.5. The predicted octanol–water partition coefficient (Wildman–Crippen LogP) is 17.4. The molecule has 25 rings (SSSR count). The van der Waals surface area contributed by atoms with Gasteiger partial charge in [-0.1, -0.05) is 14.4 Å². The molecular formula is C101H130N30O2. The molecule has 696 valence electrons. The molecular weight excluding hydrogens is 1670 g/mol. The molecule has 0 spiro atoms. The molecule has 10 aliphatic rings. The lowest BCUT2D eigenvalue weighted by atomic mass is 10.0. The lowest BCUT2D eigenvalue weighted by molar-refractivity contribution is 0.0839. The molecule has 10 aliphatic heterocycles. The largest absolute Gasteiger partial charge is 0.381 e. The Morgan fingerprint density at radius 2 is 0.722 bits per heavy atom. The van der Waals surface area contributed by atoms with Gasteiger partial charge in [0.2, 0.25) is 0 Å². The Bertz CT molecular complexity index is 6550. The number of aromatic nitrogens is 22. The quantitative estimate of drug-likeness (QED) is 0.0759. The third-order valence-corrected chi connectivity index (χ3v) is 29.4. The zero-order valence-electron chi connectivity index (χ0n) is 78.8. The maximum Gasteiger partial charge on any atom is 0.140 e. The van der Waals surface area contributed by atoms with E-state index in [2.05, 4.69) is 224 Å². The number of ether oxygens (including phenoxy) is 2. The summed E-state index contributed by atoms with van der Waals surface area (Å²) in [5.74, 6) is 5.26. The number of likely N-dealkylation sites (tertiary alicyclic amines) is 3. The molecule has 0 atom stereocenters. The Labute approximate surface area is 777 Å². The molecule has 0 bridgehead atoms. The van der Waals surface area contributed by atoms with Gasteiger partial charge in [-0.15, -0.1) is 0 Å². The normalized spacial score (nSPS) is 17.9. The van der Waals surface area contributed by atoms with Crippen LogP contribution in [0.5, 0.6) is 0 Å². The molecule has 32 nitrogen and oxygen atoms in total. The zero-order chi connectivity index (χ0) is 90.3. The number of pyridine rings is 7. The predicted molar refractivity (Wildman–Crippen MR) is 527 cm³/mol. The summed E-state index contributed by atoms with van der Waals surface area (Å²) in [6.07, 6.45) is 32.0. The number of fused-ring (bicyclic) bond motifs is 10. The minimum absolute atomic E-state index is 0. The molecule has 0 radical (unpaired) electrons. The van der Waals surface area contributed by atoms with Crippen LogP contribution in [0.4, 0.5) is 29.1 Å². The van der Waals surface area contributed by atoms with Crippen LogP contribution >= 0.6 is 0 Å². The van der Waals surface area contributed by atoms with E-state index in [0.29, 0.717) is 60.4 Å². The van der Waals surface area contributed by atoms with Crippen LogP contribution in [0.1, 0.15) is 206 Å². The van der Waals surface area contributed by atoms with Crippen molar-refractivity contribution in [1.82, 2.24) is 125 Å². The number of nitrogens with zero attached hydrogens (tertiary/aromatic N) is 25. The minimum atomic E-state index is 0. The number of nitrogens with one attached hydrogen (secondary N) is 5. The molecule has 0 aromatic carbocycles. The summed E-state index contributed by atoms with van der Waals surface area (Å²) in [4.78, 5) is 53.2. The number of hydrogen-bond acceptors (Lipinski definition) is 24. The number of rotatable bonds is 12. The summed E-state index contributed by atoms with van der Waals surface area (Å²) < 4.78 is 17.6. The van der Waals surface area contributed by atoms with E-state index in [-0.39, 0.29) is 7.43 Å². The van der Waals surface area contributed by atoms with Crippen molar-refractivity contribution in [2.45, 2.75) is 268 Å². The summed E-state index contributed by atoms with van der Waals surface area (Å²) in [5, 5.41) is 54.7. The van der Waals surface area contributed by atoms with Crippen LogP contribution in [0.3, 0.4) is 0 Å². The van der Waals surface area contributed by atoms with E-state index >= 15 is 0 Å². The van der Waals surface area contributed by atoms with E-state index in [9.17, 15) is 0 Å². The van der Waals surface area contributed by atoms with Crippen molar-refractivity contribution in [3.05, 3.63) is 150 Å². The van der Waals surface area contributed by atoms with E-state index < -0.39 is 0 Å². The summed E-state index contributed by atoms with van der Waals surface area (Å²) in [6.45, 7) is 44.0. The van der Waals surface area contributed by atoms with Crippen molar-refractivity contribution in [3.63, 3.8) is 0 Å². The third-order valence-electron chi connectivity index (χ3n) is 29.4. The van der Waals surface area contributed by atoms with Crippen molar-refractivity contribution in [2.24, 2.45) is 0 Å². The number of H-pyrrole nitrogens is 5. The molecule has 15 aromatic heterocycles. The van der Waals surface area contributed by atoms with Crippen LogP contribution in [0.15, 0.2) is 110 Å². The van der Waals surface area contributed by atoms with E-state index in [1.807, 2.05) is 85.3 Å². The number of hydrogen-bond donors (Lipinski definition) is 5. The third kappa shape index (κ3) is 16.7. The van der Waals surface area contributed by atoms with Crippen LogP contribution in [-0.2, 0) is 55.2 Å². The molecule has 25 heterocycles. The minimum Gasteiger partial charge on any atom is -0.381 e. The van der Waals surface area contributed by atoms with Gasteiger partial charge in [0.25, 0.3) is 0 Å². The standard InChI is InChI=1S/C22H30N6.C21H29N7.C20H27N7.C19H21N5O.C18H19N5O.CH4/c1-14(2)26-10-6-16(7-11-26)28-13-19-17(8-12-27(19)15(3)4)21-20-18(24-25-21)5-9-23-22(20)28;1-13(2)26-9-6-15(7-10-26)27-12-18-16(11-28(25-18)14(3)4)20-19-17(23-24-20)5-8-22-21(19)27;1-4-26-11-15-17(24-26)12-27(14-6-9-25(10-7-14)13(2)3)20-18-16(5-8-21-20)22-23-19(15)18;1-2-13-9-15-12(10-21-13)11-24(14-4-7-25-8-5-14)19-17-16(3-6-20-19)22-23-18(15)17;1-11-8-14-12(9-20-11)10-23(13-3-6-24-7-4-13)18-16-15(2-5-19-18)21-22-17(14)16;/h5,8-9,12,14-16H,6-7,10-11,13H2,1-4H3,(H,24,25);5,8,11,13-15H,6-7,9-10,12H2,1-4H3,(H,23,24);5,8,11,13-14H,4,6-7,9-10,12H2,1-3H3,(H,22,23);3,6,9-10,14H,2,4-5,7-8,11H2,1H3,(H,22,23);2,5,8-9,13H,3-4,6-7,10H2,1H3,(H,21,22);1H4. The topological polar surface area (TPSA) is 319 Å². The molecule has 5 N–H and O–H groups in total. The van der Waals surface area contributed by atoms with Gasteiger partial charge in [0.1, 0.15) is 57.6 Å². The second kappa shape index (κ2) is 37.4. The maximum absolute atomic E-state index is 5.57. The van der Waals surface area contributed by atoms with Gasteiger partial charge in [0.15, 0.2) is 0 Å². The van der Waals surface area contributed by atoms with Crippen molar-refractivity contribution >= 4 is 83.6 Å². The number of anilines is 5. The Morgan fingerprint density at radius 1 is 0.368 bits per heavy atom. The molecule has 133 heavy (non-hydrogen) atoms. The van der Waals surface area contributed by atoms with Gasteiger partial charge in [-0.2, -0.15) is 35.7 Å². The van der Waals surface area contributed by atoms with Crippen molar-refractivity contribution < 1.29 is 9.47 Å². The summed E-state index contributed by atoms with van der Waals surface area (Å²) >= 11 is 0. The van der Waals surface area contributed by atoms with Gasteiger partial charge in [0, 0.05) is 253 Å². The highest BCUT2D eigenvalue weighted by Gasteiger charge is 2.40. The van der Waals surface area contributed by atoms with Crippen LogP contribution in [0, 0.1) is 6.92 Å². The molecule has 0 aliphatic carbocycles. The second-order valence-corrected chi connectivity index (χ2v) is 38.8. The highest BCUT2D eigenvalue weighted by molar-refractivity contribution is 6.06. The lowest BCUT2D eigenvalue weighted by Gasteiger charge is -2.40. The van der Waals surface area contributed by atoms with E-state index in [1.165, 1.54) is 46.2 Å². The average molecular weight is 1800 g/mol. The van der Waals surface area contributed by atoms with Crippen LogP contribution in [0.25, 0.3) is 111 Å². The van der Waals surface area contributed by atoms with E-state index in [0.717, 1.165) is 309 Å². The number of piperidine rings is 3. The van der Waals surface area contributed by atoms with Gasteiger partial charge in [0.05, 0.1) is 85.5 Å². The molecule has 32 heteroatoms. The highest BCUT2D eigenvalue weighted by atomic mass is 16.5. The van der Waals surface area contributed by atoms with Crippen LogP contribution in [0.2, 0.25) is 0 Å². The first-order chi connectivity index (χ1) is 64.4. The average Bonchev–Trinajstić information content (AvgIpc) is 1.61. The highest BCUT2D eigenvalue weighted by Crippen LogP contribution is 2.48. The summed E-state index contributed by atoms with van der Waals surface area (Å²) in [7, 11) is 0. The number of aromatic amines is 5. The fourth-order valence-corrected chi connectivity index (χ4v) is 22.0. The first-order valence-electron chi connectivity index (χ1n) is 48.5. The monoisotopic (exact) mass is 1800 g/mol. The lowest BCUT2D eigenvalue weighted by Crippen LogP contribution is -2.47. The Morgan fingerprint density at radius 3 is 1.11 bits per heavy atom. The van der Waals surface area contributed by atoms with Gasteiger partial charge in [-0.05, 0) is 213 Å². The van der Waals surface area contributed by atoms with Crippen molar-refractivity contribution in [2.75, 3.05) is 90.2 Å². The molecule has 5 fully saturated rings. The molecule has 5 saturated heterocycles. The van der Waals surface area contributed by atoms with Crippen molar-refractivity contribution in [1.29, 1.82) is 0 Å². The van der Waals surface area contributed by atoms with Crippen molar-refractivity contribution in [3.8, 4) is 56.3 Å². The van der Waals surface area contributed by atoms with E-state index in [1.54, 1.807) is 0 Å².